The number of nitrogens with zero attached hydrogens (tertiary/aromatic N) is 1. The molecule has 0 amide bonds. The van der Waals surface area contributed by atoms with E-state index < -0.39 is 0 Å². The van der Waals surface area contributed by atoms with Crippen molar-refractivity contribution in [3.63, 3.8) is 0 Å². The van der Waals surface area contributed by atoms with Crippen molar-refractivity contribution in [1.82, 2.24) is 4.90 Å². The first-order valence-electron chi connectivity index (χ1n) is 4.76. The lowest BCUT2D eigenvalue weighted by Crippen LogP contribution is -2.40. The van der Waals surface area contributed by atoms with Crippen LogP contribution in [0.4, 0.5) is 0 Å². The summed E-state index contributed by atoms with van der Waals surface area (Å²) in [6.07, 6.45) is 0.852. The number of aliphatic hydroxyl groups excluding tert-OH is 1. The lowest BCUT2D eigenvalue weighted by molar-refractivity contribution is 0.0306. The maximum Gasteiger partial charge on any atom is 0.0814 e. The van der Waals surface area contributed by atoms with E-state index in [1.165, 1.54) is 0 Å². The highest BCUT2D eigenvalue weighted by Crippen LogP contribution is 2.11. The molecule has 1 atom stereocenters. The van der Waals surface area contributed by atoms with Gasteiger partial charge < -0.3 is 14.7 Å². The van der Waals surface area contributed by atoms with Gasteiger partial charge in [0.15, 0.2) is 0 Å². The molecule has 1 unspecified atom stereocenters. The maximum absolute atomic E-state index is 8.90. The van der Waals surface area contributed by atoms with E-state index in [0.717, 1.165) is 13.0 Å². The molecule has 0 aliphatic rings. The smallest absolute Gasteiger partial charge is 0.0814 e. The summed E-state index contributed by atoms with van der Waals surface area (Å²) in [5.41, 5.74) is 0.188. The van der Waals surface area contributed by atoms with Gasteiger partial charge in [0.25, 0.3) is 0 Å². The van der Waals surface area contributed by atoms with Crippen molar-refractivity contribution in [2.45, 2.75) is 38.8 Å². The third-order valence-corrected chi connectivity index (χ3v) is 2.47. The molecule has 3 nitrogen and oxygen atoms in total. The minimum absolute atomic E-state index is 0.0233. The fourth-order valence-electron chi connectivity index (χ4n) is 0.957. The van der Waals surface area contributed by atoms with Crippen molar-refractivity contribution >= 4 is 0 Å². The van der Waals surface area contributed by atoms with Gasteiger partial charge in [0, 0.05) is 19.2 Å². The summed E-state index contributed by atoms with van der Waals surface area (Å²) in [5, 5.41) is 8.90. The van der Waals surface area contributed by atoms with E-state index in [2.05, 4.69) is 32.7 Å². The van der Waals surface area contributed by atoms with Crippen LogP contribution in [0.3, 0.4) is 0 Å². The summed E-state index contributed by atoms with van der Waals surface area (Å²) in [6.45, 7) is 7.58. The zero-order chi connectivity index (χ0) is 10.5. The molecule has 0 aromatic carbocycles. The van der Waals surface area contributed by atoms with Crippen molar-refractivity contribution < 1.29 is 9.84 Å². The van der Waals surface area contributed by atoms with Crippen LogP contribution in [0.25, 0.3) is 0 Å². The number of aliphatic hydroxyl groups is 1. The van der Waals surface area contributed by atoms with Gasteiger partial charge in [0.1, 0.15) is 0 Å². The summed E-state index contributed by atoms with van der Waals surface area (Å²) in [4.78, 5) is 2.26. The van der Waals surface area contributed by atoms with Gasteiger partial charge in [-0.1, -0.05) is 0 Å². The van der Waals surface area contributed by atoms with Gasteiger partial charge in [-0.2, -0.15) is 0 Å². The van der Waals surface area contributed by atoms with Crippen LogP contribution in [-0.4, -0.2) is 49.0 Å². The molecular weight excluding hydrogens is 166 g/mol. The highest BCUT2D eigenvalue weighted by Gasteiger charge is 2.17. The third kappa shape index (κ3) is 5.24. The second-order valence-electron chi connectivity index (χ2n) is 4.42. The quantitative estimate of drug-likeness (QED) is 0.703. The molecule has 0 saturated heterocycles. The fourth-order valence-corrected chi connectivity index (χ4v) is 0.957. The van der Waals surface area contributed by atoms with Gasteiger partial charge in [-0.05, 0) is 34.2 Å². The Bertz CT molecular complexity index is 127. The predicted octanol–water partition coefficient (Wildman–Crippen LogP) is 1.11. The first-order chi connectivity index (χ1) is 5.91. The van der Waals surface area contributed by atoms with E-state index in [4.69, 9.17) is 9.84 Å². The first kappa shape index (κ1) is 12.9. The molecule has 0 aromatic heterocycles. The topological polar surface area (TPSA) is 32.7 Å². The van der Waals surface area contributed by atoms with Crippen molar-refractivity contribution in [3.05, 3.63) is 0 Å². The molecule has 0 aromatic rings. The number of hydrogen-bond donors (Lipinski definition) is 1. The van der Waals surface area contributed by atoms with Crippen LogP contribution in [0.15, 0.2) is 0 Å². The van der Waals surface area contributed by atoms with E-state index in [9.17, 15) is 0 Å². The standard InChI is InChI=1S/C10H23NO2/c1-10(2,3)11(4)7-6-9(8-12)13-5/h9,12H,6-8H2,1-5H3. The maximum atomic E-state index is 8.90. The molecule has 1 N–H and O–H groups in total. The van der Waals surface area contributed by atoms with Gasteiger partial charge in [-0.25, -0.2) is 0 Å². The van der Waals surface area contributed by atoms with Gasteiger partial charge in [0.05, 0.1) is 12.7 Å². The average molecular weight is 189 g/mol. The number of ether oxygens (including phenoxy) is 1. The Kier molecular flexibility index (Phi) is 5.53. The lowest BCUT2D eigenvalue weighted by Gasteiger charge is -2.32. The molecule has 3 heteroatoms. The van der Waals surface area contributed by atoms with Crippen molar-refractivity contribution in [2.24, 2.45) is 0 Å². The molecule has 13 heavy (non-hydrogen) atoms. The Morgan fingerprint density at radius 3 is 2.23 bits per heavy atom. The van der Waals surface area contributed by atoms with Crippen LogP contribution in [0.5, 0.6) is 0 Å². The second kappa shape index (κ2) is 5.58. The Balaban J connectivity index is 3.75. The first-order valence-corrected chi connectivity index (χ1v) is 4.76. The van der Waals surface area contributed by atoms with Crippen LogP contribution < -0.4 is 0 Å². The normalized spacial score (nSPS) is 15.0. The minimum atomic E-state index is -0.0233. The Labute approximate surface area is 81.7 Å². The molecule has 0 saturated carbocycles. The molecule has 0 bridgehead atoms. The van der Waals surface area contributed by atoms with Crippen LogP contribution >= 0.6 is 0 Å². The van der Waals surface area contributed by atoms with Gasteiger partial charge >= 0.3 is 0 Å². The summed E-state index contributed by atoms with van der Waals surface area (Å²) < 4.78 is 5.09. The van der Waals surface area contributed by atoms with Crippen LogP contribution in [-0.2, 0) is 4.74 Å². The van der Waals surface area contributed by atoms with Crippen molar-refractivity contribution in [3.8, 4) is 0 Å². The molecule has 0 fully saturated rings. The molecule has 0 radical (unpaired) electrons. The number of hydrogen-bond acceptors (Lipinski definition) is 3. The fraction of sp³-hybridized carbons (Fsp3) is 1.00. The molecule has 0 rings (SSSR count). The molecule has 0 heterocycles. The highest BCUT2D eigenvalue weighted by molar-refractivity contribution is 4.73. The summed E-state index contributed by atoms with van der Waals surface area (Å²) >= 11 is 0. The predicted molar refractivity (Wildman–Crippen MR) is 54.9 cm³/mol. The highest BCUT2D eigenvalue weighted by atomic mass is 16.5. The van der Waals surface area contributed by atoms with Gasteiger partial charge in [-0.3, -0.25) is 0 Å². The summed E-state index contributed by atoms with van der Waals surface area (Å²) in [5.74, 6) is 0. The summed E-state index contributed by atoms with van der Waals surface area (Å²) in [7, 11) is 3.72. The Hall–Kier alpha value is -0.120. The van der Waals surface area contributed by atoms with Crippen LogP contribution in [0, 0.1) is 0 Å². The molecule has 0 aliphatic carbocycles. The van der Waals surface area contributed by atoms with Crippen molar-refractivity contribution in [1.29, 1.82) is 0 Å². The Morgan fingerprint density at radius 2 is 1.92 bits per heavy atom. The van der Waals surface area contributed by atoms with Crippen LogP contribution in [0.1, 0.15) is 27.2 Å². The van der Waals surface area contributed by atoms with E-state index in [0.29, 0.717) is 0 Å². The second-order valence-corrected chi connectivity index (χ2v) is 4.42. The minimum Gasteiger partial charge on any atom is -0.394 e. The molecule has 80 valence electrons. The zero-order valence-electron chi connectivity index (χ0n) is 9.50. The monoisotopic (exact) mass is 189 g/mol. The van der Waals surface area contributed by atoms with Crippen LogP contribution in [0.2, 0.25) is 0 Å². The SMILES string of the molecule is COC(CO)CCN(C)C(C)(C)C. The molecule has 0 aliphatic heterocycles. The number of methoxy groups -OCH3 is 1. The summed E-state index contributed by atoms with van der Waals surface area (Å²) in [6, 6.07) is 0. The van der Waals surface area contributed by atoms with E-state index in [1.54, 1.807) is 7.11 Å². The van der Waals surface area contributed by atoms with E-state index >= 15 is 0 Å². The van der Waals surface area contributed by atoms with Gasteiger partial charge in [-0.15, -0.1) is 0 Å². The van der Waals surface area contributed by atoms with E-state index in [1.807, 2.05) is 0 Å². The van der Waals surface area contributed by atoms with Gasteiger partial charge in [0.2, 0.25) is 0 Å². The largest absolute Gasteiger partial charge is 0.394 e. The third-order valence-electron chi connectivity index (χ3n) is 2.47. The lowest BCUT2D eigenvalue weighted by atomic mass is 10.1. The van der Waals surface area contributed by atoms with Crippen molar-refractivity contribution in [2.75, 3.05) is 27.3 Å². The molecular formula is C10H23NO2. The molecule has 0 spiro atoms. The average Bonchev–Trinajstić information content (AvgIpc) is 2.04. The number of rotatable bonds is 5. The zero-order valence-corrected chi connectivity index (χ0v) is 9.50. The van der Waals surface area contributed by atoms with E-state index in [-0.39, 0.29) is 18.2 Å². The Morgan fingerprint density at radius 1 is 1.38 bits per heavy atom.